The standard InChI is InChI=1S/C11H10BrN3OS/c1-15(11(16)10-6-13-14-17-10)7-8-4-2-3-5-9(8)12/h2-6H,7H2,1H3. The van der Waals surface area contributed by atoms with Gasteiger partial charge < -0.3 is 4.90 Å². The van der Waals surface area contributed by atoms with E-state index in [1.54, 1.807) is 11.9 Å². The predicted molar refractivity (Wildman–Crippen MR) is 69.8 cm³/mol. The van der Waals surface area contributed by atoms with Gasteiger partial charge in [-0.25, -0.2) is 0 Å². The van der Waals surface area contributed by atoms with E-state index in [4.69, 9.17) is 0 Å². The van der Waals surface area contributed by atoms with Gasteiger partial charge in [-0.3, -0.25) is 4.79 Å². The highest BCUT2D eigenvalue weighted by Crippen LogP contribution is 2.18. The van der Waals surface area contributed by atoms with Crippen LogP contribution in [0, 0.1) is 0 Å². The van der Waals surface area contributed by atoms with Crippen LogP contribution in [-0.2, 0) is 6.54 Å². The molecule has 6 heteroatoms. The Kier molecular flexibility index (Phi) is 3.86. The van der Waals surface area contributed by atoms with Crippen LogP contribution in [0.3, 0.4) is 0 Å². The molecule has 0 radical (unpaired) electrons. The SMILES string of the molecule is CN(Cc1ccccc1Br)C(=O)c1cnns1. The first-order valence-electron chi connectivity index (χ1n) is 4.94. The van der Waals surface area contributed by atoms with Crippen molar-refractivity contribution in [1.29, 1.82) is 0 Å². The van der Waals surface area contributed by atoms with Gasteiger partial charge in [0, 0.05) is 18.1 Å². The number of hydrogen-bond donors (Lipinski definition) is 0. The Labute approximate surface area is 112 Å². The number of rotatable bonds is 3. The summed E-state index contributed by atoms with van der Waals surface area (Å²) in [4.78, 5) is 14.2. The molecule has 0 aliphatic carbocycles. The molecule has 0 saturated carbocycles. The highest BCUT2D eigenvalue weighted by Gasteiger charge is 2.14. The first-order valence-corrected chi connectivity index (χ1v) is 6.51. The van der Waals surface area contributed by atoms with Crippen LogP contribution in [0.1, 0.15) is 15.2 Å². The summed E-state index contributed by atoms with van der Waals surface area (Å²) in [5, 5.41) is 3.66. The third-order valence-electron chi connectivity index (χ3n) is 2.28. The van der Waals surface area contributed by atoms with Crippen LogP contribution >= 0.6 is 27.5 Å². The maximum atomic E-state index is 12.0. The van der Waals surface area contributed by atoms with Crippen molar-refractivity contribution >= 4 is 33.4 Å². The molecule has 0 atom stereocenters. The van der Waals surface area contributed by atoms with E-state index in [1.807, 2.05) is 24.3 Å². The molecule has 1 amide bonds. The average Bonchev–Trinajstić information content (AvgIpc) is 2.84. The Balaban J connectivity index is 2.10. The molecule has 1 aromatic carbocycles. The smallest absolute Gasteiger partial charge is 0.267 e. The summed E-state index contributed by atoms with van der Waals surface area (Å²) in [6.07, 6.45) is 1.49. The van der Waals surface area contributed by atoms with Crippen molar-refractivity contribution in [2.75, 3.05) is 7.05 Å². The van der Waals surface area contributed by atoms with Gasteiger partial charge in [-0.05, 0) is 23.2 Å². The van der Waals surface area contributed by atoms with Gasteiger partial charge in [-0.2, -0.15) is 0 Å². The number of nitrogens with zero attached hydrogens (tertiary/aromatic N) is 3. The van der Waals surface area contributed by atoms with E-state index in [-0.39, 0.29) is 5.91 Å². The van der Waals surface area contributed by atoms with Gasteiger partial charge in [0.15, 0.2) is 0 Å². The Bertz CT molecular complexity index is 515. The highest BCUT2D eigenvalue weighted by atomic mass is 79.9. The number of benzene rings is 1. The zero-order valence-electron chi connectivity index (χ0n) is 9.13. The van der Waals surface area contributed by atoms with Gasteiger partial charge in [0.25, 0.3) is 5.91 Å². The quantitative estimate of drug-likeness (QED) is 0.875. The average molecular weight is 312 g/mol. The molecular weight excluding hydrogens is 302 g/mol. The Morgan fingerprint density at radius 2 is 2.24 bits per heavy atom. The number of hydrogen-bond acceptors (Lipinski definition) is 4. The minimum Gasteiger partial charge on any atom is -0.337 e. The summed E-state index contributed by atoms with van der Waals surface area (Å²) in [6, 6.07) is 7.84. The zero-order valence-corrected chi connectivity index (χ0v) is 11.5. The van der Waals surface area contributed by atoms with E-state index < -0.39 is 0 Å². The Morgan fingerprint density at radius 1 is 1.47 bits per heavy atom. The lowest BCUT2D eigenvalue weighted by Crippen LogP contribution is -2.25. The van der Waals surface area contributed by atoms with Crippen molar-refractivity contribution in [3.05, 3.63) is 45.4 Å². The lowest BCUT2D eigenvalue weighted by molar-refractivity contribution is 0.0789. The van der Waals surface area contributed by atoms with Crippen LogP contribution in [0.15, 0.2) is 34.9 Å². The number of amides is 1. The number of halogens is 1. The summed E-state index contributed by atoms with van der Waals surface area (Å²) < 4.78 is 4.69. The van der Waals surface area contributed by atoms with Crippen LogP contribution in [0.2, 0.25) is 0 Å². The van der Waals surface area contributed by atoms with Crippen molar-refractivity contribution in [3.8, 4) is 0 Å². The second-order valence-corrected chi connectivity index (χ2v) is 5.17. The molecular formula is C11H10BrN3OS. The molecule has 0 aliphatic heterocycles. The van der Waals surface area contributed by atoms with E-state index >= 15 is 0 Å². The summed E-state index contributed by atoms with van der Waals surface area (Å²) in [6.45, 7) is 0.554. The molecule has 0 bridgehead atoms. The van der Waals surface area contributed by atoms with Crippen molar-refractivity contribution in [2.45, 2.75) is 6.54 Å². The minimum absolute atomic E-state index is 0.0595. The van der Waals surface area contributed by atoms with Gasteiger partial charge in [-0.15, -0.1) is 5.10 Å². The van der Waals surface area contributed by atoms with Gasteiger partial charge in [-0.1, -0.05) is 38.6 Å². The number of carbonyl (C=O) groups excluding carboxylic acids is 1. The summed E-state index contributed by atoms with van der Waals surface area (Å²) in [5.74, 6) is -0.0595. The predicted octanol–water partition coefficient (Wildman–Crippen LogP) is 2.57. The molecule has 2 rings (SSSR count). The Hall–Kier alpha value is -1.27. The van der Waals surface area contributed by atoms with Crippen LogP contribution in [0.4, 0.5) is 0 Å². The molecule has 2 aromatic rings. The van der Waals surface area contributed by atoms with E-state index in [2.05, 4.69) is 25.5 Å². The van der Waals surface area contributed by atoms with Crippen LogP contribution < -0.4 is 0 Å². The number of carbonyl (C=O) groups is 1. The fourth-order valence-electron chi connectivity index (χ4n) is 1.40. The van der Waals surface area contributed by atoms with E-state index in [0.29, 0.717) is 11.4 Å². The Morgan fingerprint density at radius 3 is 2.88 bits per heavy atom. The number of aromatic nitrogens is 2. The second kappa shape index (κ2) is 5.37. The monoisotopic (exact) mass is 311 g/mol. The lowest BCUT2D eigenvalue weighted by Gasteiger charge is -2.16. The van der Waals surface area contributed by atoms with Gasteiger partial charge in [0.1, 0.15) is 4.88 Å². The molecule has 88 valence electrons. The van der Waals surface area contributed by atoms with Crippen LogP contribution in [0.5, 0.6) is 0 Å². The molecule has 4 nitrogen and oxygen atoms in total. The molecule has 0 unspecified atom stereocenters. The lowest BCUT2D eigenvalue weighted by atomic mass is 10.2. The first kappa shape index (κ1) is 12.2. The van der Waals surface area contributed by atoms with E-state index in [1.165, 1.54) is 6.20 Å². The van der Waals surface area contributed by atoms with E-state index in [9.17, 15) is 4.79 Å². The highest BCUT2D eigenvalue weighted by molar-refractivity contribution is 9.10. The van der Waals surface area contributed by atoms with Gasteiger partial charge >= 0.3 is 0 Å². The van der Waals surface area contributed by atoms with Crippen molar-refractivity contribution < 1.29 is 4.79 Å². The summed E-state index contributed by atoms with van der Waals surface area (Å²) in [5.41, 5.74) is 1.07. The third-order valence-corrected chi connectivity index (χ3v) is 3.71. The van der Waals surface area contributed by atoms with E-state index in [0.717, 1.165) is 21.6 Å². The van der Waals surface area contributed by atoms with Gasteiger partial charge in [0.05, 0.1) is 6.20 Å². The maximum Gasteiger partial charge on any atom is 0.267 e. The molecule has 0 fully saturated rings. The van der Waals surface area contributed by atoms with Gasteiger partial charge in [0.2, 0.25) is 0 Å². The summed E-state index contributed by atoms with van der Waals surface area (Å²) >= 11 is 4.57. The maximum absolute atomic E-state index is 12.0. The summed E-state index contributed by atoms with van der Waals surface area (Å²) in [7, 11) is 1.77. The van der Waals surface area contributed by atoms with Crippen LogP contribution in [-0.4, -0.2) is 27.4 Å². The van der Waals surface area contributed by atoms with Crippen molar-refractivity contribution in [2.24, 2.45) is 0 Å². The zero-order chi connectivity index (χ0) is 12.3. The molecule has 1 aromatic heterocycles. The minimum atomic E-state index is -0.0595. The van der Waals surface area contributed by atoms with Crippen LogP contribution in [0.25, 0.3) is 0 Å². The van der Waals surface area contributed by atoms with Crippen molar-refractivity contribution in [3.63, 3.8) is 0 Å². The molecule has 0 spiro atoms. The third kappa shape index (κ3) is 2.89. The molecule has 0 saturated heterocycles. The largest absolute Gasteiger partial charge is 0.337 e. The fraction of sp³-hybridized carbons (Fsp3) is 0.182. The first-order chi connectivity index (χ1) is 8.18. The molecule has 17 heavy (non-hydrogen) atoms. The topological polar surface area (TPSA) is 46.1 Å². The molecule has 1 heterocycles. The normalized spacial score (nSPS) is 10.2. The van der Waals surface area contributed by atoms with Crippen molar-refractivity contribution in [1.82, 2.24) is 14.5 Å². The fourth-order valence-corrected chi connectivity index (χ4v) is 2.32. The second-order valence-electron chi connectivity index (χ2n) is 3.53. The molecule has 0 N–H and O–H groups in total. The molecule has 0 aliphatic rings.